The summed E-state index contributed by atoms with van der Waals surface area (Å²) in [7, 11) is 0. The highest BCUT2D eigenvalue weighted by molar-refractivity contribution is 7.10. The lowest BCUT2D eigenvalue weighted by Crippen LogP contribution is -2.16. The normalized spacial score (nSPS) is 11.0. The smallest absolute Gasteiger partial charge is 0.367 e. The Morgan fingerprint density at radius 2 is 2.19 bits per heavy atom. The summed E-state index contributed by atoms with van der Waals surface area (Å²) in [6, 6.07) is 1.70. The van der Waals surface area contributed by atoms with Crippen LogP contribution in [0.15, 0.2) is 11.4 Å². The topological polar surface area (TPSA) is 35.2 Å². The summed E-state index contributed by atoms with van der Waals surface area (Å²) in [5, 5.41) is 1.76. The molecule has 0 saturated carbocycles. The molecule has 0 aromatic carbocycles. The van der Waals surface area contributed by atoms with Crippen molar-refractivity contribution < 1.29 is 17.9 Å². The van der Waals surface area contributed by atoms with Gasteiger partial charge in [0.05, 0.1) is 13.2 Å². The van der Waals surface area contributed by atoms with Crippen molar-refractivity contribution in [1.82, 2.24) is 0 Å². The molecule has 0 aliphatic carbocycles. The molecule has 2 N–H and O–H groups in total. The summed E-state index contributed by atoms with van der Waals surface area (Å²) in [5.74, 6) is 5.45. The van der Waals surface area contributed by atoms with Gasteiger partial charge in [-0.05, 0) is 6.07 Å². The maximum atomic E-state index is 11.8. The fraction of sp³-hybridized carbons (Fsp3) is 0.400. The van der Waals surface area contributed by atoms with Crippen molar-refractivity contribution in [2.45, 2.75) is 12.8 Å². The largest absolute Gasteiger partial charge is 0.411 e. The molecule has 16 heavy (non-hydrogen) atoms. The van der Waals surface area contributed by atoms with Crippen molar-refractivity contribution in [3.05, 3.63) is 21.9 Å². The van der Waals surface area contributed by atoms with Gasteiger partial charge in [0.2, 0.25) is 0 Å². The molecule has 0 aliphatic heterocycles. The molecule has 0 spiro atoms. The first-order chi connectivity index (χ1) is 7.51. The Balaban J connectivity index is 2.41. The zero-order valence-electron chi connectivity index (χ0n) is 8.30. The molecular weight excluding hydrogens is 239 g/mol. The lowest BCUT2D eigenvalue weighted by Gasteiger charge is -2.05. The van der Waals surface area contributed by atoms with Crippen LogP contribution in [0, 0.1) is 11.8 Å². The van der Waals surface area contributed by atoms with Crippen LogP contribution in [0.4, 0.5) is 13.2 Å². The second-order valence-electron chi connectivity index (χ2n) is 2.92. The molecule has 0 unspecified atom stereocenters. The lowest BCUT2D eigenvalue weighted by atomic mass is 10.3. The Labute approximate surface area is 95.2 Å². The predicted octanol–water partition coefficient (Wildman–Crippen LogP) is 2.14. The molecule has 1 aromatic rings. The van der Waals surface area contributed by atoms with Crippen LogP contribution in [-0.4, -0.2) is 19.3 Å². The molecule has 1 heterocycles. The van der Waals surface area contributed by atoms with Gasteiger partial charge in [0.1, 0.15) is 6.61 Å². The average molecular weight is 249 g/mol. The first-order valence-electron chi connectivity index (χ1n) is 4.42. The maximum Gasteiger partial charge on any atom is 0.411 e. The van der Waals surface area contributed by atoms with E-state index in [1.54, 1.807) is 11.4 Å². The highest BCUT2D eigenvalue weighted by atomic mass is 32.1. The quantitative estimate of drug-likeness (QED) is 0.833. The second-order valence-corrected chi connectivity index (χ2v) is 3.91. The van der Waals surface area contributed by atoms with Gasteiger partial charge in [0, 0.05) is 15.8 Å². The third kappa shape index (κ3) is 5.16. The number of alkyl halides is 3. The number of hydrogen-bond donors (Lipinski definition) is 1. The van der Waals surface area contributed by atoms with Crippen molar-refractivity contribution in [1.29, 1.82) is 0 Å². The zero-order valence-corrected chi connectivity index (χ0v) is 9.12. The molecule has 0 radical (unpaired) electrons. The van der Waals surface area contributed by atoms with Crippen molar-refractivity contribution in [3.63, 3.8) is 0 Å². The van der Waals surface area contributed by atoms with E-state index in [-0.39, 0.29) is 13.2 Å². The van der Waals surface area contributed by atoms with Crippen LogP contribution >= 0.6 is 11.3 Å². The van der Waals surface area contributed by atoms with E-state index < -0.39 is 12.8 Å². The molecular formula is C10H10F3NOS. The highest BCUT2D eigenvalue weighted by Crippen LogP contribution is 2.18. The molecule has 0 fully saturated rings. The Morgan fingerprint density at radius 1 is 1.44 bits per heavy atom. The maximum absolute atomic E-state index is 11.8. The van der Waals surface area contributed by atoms with Crippen molar-refractivity contribution in [3.8, 4) is 11.8 Å². The first kappa shape index (κ1) is 13.0. The van der Waals surface area contributed by atoms with E-state index >= 15 is 0 Å². The standard InChI is InChI=1S/C10H10F3NOS/c11-10(12,13)7-15-5-9-4-8(6-16-9)2-1-3-14/h4,6H,3,5,7,14H2. The SMILES string of the molecule is NCC#Cc1csc(COCC(F)(F)F)c1. The second kappa shape index (κ2) is 5.89. The molecule has 0 bridgehead atoms. The molecule has 0 amide bonds. The fourth-order valence-electron chi connectivity index (χ4n) is 0.942. The number of ether oxygens (including phenoxy) is 1. The minimum atomic E-state index is -4.28. The van der Waals surface area contributed by atoms with Crippen molar-refractivity contribution in [2.75, 3.05) is 13.2 Å². The zero-order chi connectivity index (χ0) is 12.0. The van der Waals surface area contributed by atoms with E-state index in [1.807, 2.05) is 0 Å². The van der Waals surface area contributed by atoms with E-state index in [0.717, 1.165) is 5.56 Å². The molecule has 2 nitrogen and oxygen atoms in total. The minimum Gasteiger partial charge on any atom is -0.367 e. The van der Waals surface area contributed by atoms with Crippen LogP contribution in [-0.2, 0) is 11.3 Å². The van der Waals surface area contributed by atoms with Gasteiger partial charge in [-0.25, -0.2) is 0 Å². The van der Waals surface area contributed by atoms with Crippen LogP contribution in [0.2, 0.25) is 0 Å². The summed E-state index contributed by atoms with van der Waals surface area (Å²) < 4.78 is 39.8. The number of rotatable bonds is 3. The van der Waals surface area contributed by atoms with Crippen LogP contribution in [0.3, 0.4) is 0 Å². The van der Waals surface area contributed by atoms with Crippen molar-refractivity contribution >= 4 is 11.3 Å². The monoisotopic (exact) mass is 249 g/mol. The van der Waals surface area contributed by atoms with Gasteiger partial charge < -0.3 is 10.5 Å². The van der Waals surface area contributed by atoms with E-state index in [9.17, 15) is 13.2 Å². The fourth-order valence-corrected chi connectivity index (χ4v) is 1.69. The van der Waals surface area contributed by atoms with Gasteiger partial charge in [-0.3, -0.25) is 0 Å². The van der Waals surface area contributed by atoms with Gasteiger partial charge >= 0.3 is 6.18 Å². The van der Waals surface area contributed by atoms with Gasteiger partial charge in [-0.15, -0.1) is 11.3 Å². The van der Waals surface area contributed by atoms with Crippen LogP contribution in [0.5, 0.6) is 0 Å². The molecule has 0 aliphatic rings. The van der Waals surface area contributed by atoms with E-state index in [4.69, 9.17) is 5.73 Å². The van der Waals surface area contributed by atoms with Crippen LogP contribution in [0.1, 0.15) is 10.4 Å². The Bertz CT molecular complexity index is 389. The Morgan fingerprint density at radius 3 is 2.81 bits per heavy atom. The number of nitrogens with two attached hydrogens (primary N) is 1. The number of hydrogen-bond acceptors (Lipinski definition) is 3. The van der Waals surface area contributed by atoms with Crippen LogP contribution < -0.4 is 5.73 Å². The molecule has 1 rings (SSSR count). The lowest BCUT2D eigenvalue weighted by molar-refractivity contribution is -0.176. The summed E-state index contributed by atoms with van der Waals surface area (Å²) >= 11 is 1.31. The predicted molar refractivity (Wildman–Crippen MR) is 56.0 cm³/mol. The number of halogens is 3. The molecule has 1 aromatic heterocycles. The summed E-state index contributed by atoms with van der Waals surface area (Å²) in [6.45, 7) is -1.01. The average Bonchev–Trinajstić information content (AvgIpc) is 2.61. The Hall–Kier alpha value is -1.03. The van der Waals surface area contributed by atoms with Gasteiger partial charge in [0.25, 0.3) is 0 Å². The Kier molecular flexibility index (Phi) is 4.80. The molecule has 88 valence electrons. The number of thiophene rings is 1. The summed E-state index contributed by atoms with van der Waals surface area (Å²) in [5.41, 5.74) is 5.94. The molecule has 0 atom stereocenters. The van der Waals surface area contributed by atoms with Crippen molar-refractivity contribution in [2.24, 2.45) is 5.73 Å². The van der Waals surface area contributed by atoms with Gasteiger partial charge in [-0.2, -0.15) is 13.2 Å². The van der Waals surface area contributed by atoms with E-state index in [0.29, 0.717) is 4.88 Å². The first-order valence-corrected chi connectivity index (χ1v) is 5.30. The minimum absolute atomic E-state index is 0.0471. The molecule has 6 heteroatoms. The van der Waals surface area contributed by atoms with Crippen LogP contribution in [0.25, 0.3) is 0 Å². The van der Waals surface area contributed by atoms with Gasteiger partial charge in [0.15, 0.2) is 0 Å². The van der Waals surface area contributed by atoms with Gasteiger partial charge in [-0.1, -0.05) is 11.8 Å². The summed E-state index contributed by atoms with van der Waals surface area (Å²) in [6.07, 6.45) is -4.28. The third-order valence-corrected chi connectivity index (χ3v) is 2.41. The molecule has 0 saturated heterocycles. The third-order valence-electron chi connectivity index (χ3n) is 1.50. The summed E-state index contributed by atoms with van der Waals surface area (Å²) in [4.78, 5) is 0.713. The van der Waals surface area contributed by atoms with E-state index in [2.05, 4.69) is 16.6 Å². The highest BCUT2D eigenvalue weighted by Gasteiger charge is 2.27. The van der Waals surface area contributed by atoms with E-state index in [1.165, 1.54) is 11.3 Å².